The van der Waals surface area contributed by atoms with Crippen LogP contribution < -0.4 is 11.1 Å². The number of amides is 1. The van der Waals surface area contributed by atoms with Crippen molar-refractivity contribution >= 4 is 50.2 Å². The smallest absolute Gasteiger partial charge is 0.251 e. The van der Waals surface area contributed by atoms with E-state index in [4.69, 9.17) is 21.8 Å². The molecule has 7 heteroatoms. The number of aryl methyl sites for hydroxylation is 2. The first-order valence-corrected chi connectivity index (χ1v) is 12.6. The molecule has 190 valence electrons. The molecule has 0 spiro atoms. The summed E-state index contributed by atoms with van der Waals surface area (Å²) in [4.78, 5) is 13.1. The number of benzene rings is 5. The van der Waals surface area contributed by atoms with Gasteiger partial charge in [0.05, 0.1) is 5.02 Å². The second kappa shape index (κ2) is 9.08. The maximum absolute atomic E-state index is 14.6. The van der Waals surface area contributed by atoms with E-state index in [1.165, 1.54) is 12.1 Å². The number of rotatable bonds is 5. The van der Waals surface area contributed by atoms with Crippen LogP contribution >= 0.6 is 11.6 Å². The van der Waals surface area contributed by atoms with Gasteiger partial charge < -0.3 is 15.5 Å². The molecule has 2 aromatic heterocycles. The van der Waals surface area contributed by atoms with E-state index in [0.29, 0.717) is 35.4 Å². The van der Waals surface area contributed by atoms with E-state index in [1.54, 1.807) is 18.2 Å². The second-order valence-corrected chi connectivity index (χ2v) is 10.0. The molecule has 0 aliphatic heterocycles. The van der Waals surface area contributed by atoms with E-state index >= 15 is 0 Å². The lowest BCUT2D eigenvalue weighted by Crippen LogP contribution is -2.23. The van der Waals surface area contributed by atoms with Gasteiger partial charge in [-0.15, -0.1) is 0 Å². The van der Waals surface area contributed by atoms with Gasteiger partial charge in [0, 0.05) is 45.8 Å². The van der Waals surface area contributed by atoms with Gasteiger partial charge in [-0.25, -0.2) is 8.78 Å². The maximum atomic E-state index is 14.6. The highest BCUT2D eigenvalue weighted by Gasteiger charge is 2.21. The van der Waals surface area contributed by atoms with E-state index in [0.717, 1.165) is 43.8 Å². The van der Waals surface area contributed by atoms with Crippen LogP contribution in [0.4, 0.5) is 8.78 Å². The number of fused-ring (bicyclic) bond motifs is 8. The van der Waals surface area contributed by atoms with Gasteiger partial charge >= 0.3 is 0 Å². The Labute approximate surface area is 222 Å². The predicted octanol–water partition coefficient (Wildman–Crippen LogP) is 7.78. The Bertz CT molecular complexity index is 1870. The standard InChI is InChI=1S/C31H23ClF2N2O2/c1-15-9-17(13-35)10-16(2)25(15)14-36-31(37)19-4-6-22-24(12-19)30-23-11-18(3-5-21(23)29(22)38-30)20-7-8-26(32)28(34)27(20)33/h3-12H,13-14,35H2,1-2H3,(H,36,37). The molecular formula is C31H23ClF2N2O2. The molecule has 1 amide bonds. The third kappa shape index (κ3) is 3.80. The molecular weight excluding hydrogens is 506 g/mol. The average Bonchev–Trinajstić information content (AvgIpc) is 3.48. The van der Waals surface area contributed by atoms with Crippen LogP contribution in [0.3, 0.4) is 0 Å². The largest absolute Gasteiger partial charge is 0.455 e. The Morgan fingerprint density at radius 3 is 2.24 bits per heavy atom. The highest BCUT2D eigenvalue weighted by atomic mass is 35.5. The van der Waals surface area contributed by atoms with Gasteiger partial charge in [0.2, 0.25) is 0 Å². The molecule has 0 atom stereocenters. The summed E-state index contributed by atoms with van der Waals surface area (Å²) in [7, 11) is 0. The third-order valence-corrected chi connectivity index (χ3v) is 7.54. The van der Waals surface area contributed by atoms with Crippen molar-refractivity contribution in [2.75, 3.05) is 0 Å². The quantitative estimate of drug-likeness (QED) is 0.177. The van der Waals surface area contributed by atoms with Crippen molar-refractivity contribution in [2.45, 2.75) is 26.9 Å². The van der Waals surface area contributed by atoms with Gasteiger partial charge in [0.25, 0.3) is 5.91 Å². The first-order valence-electron chi connectivity index (χ1n) is 12.2. The molecule has 2 bridgehead atoms. The fraction of sp³-hybridized carbons (Fsp3) is 0.129. The number of halogens is 3. The van der Waals surface area contributed by atoms with Crippen LogP contribution in [0.2, 0.25) is 5.02 Å². The van der Waals surface area contributed by atoms with Crippen molar-refractivity contribution in [3.05, 3.63) is 105 Å². The lowest BCUT2D eigenvalue weighted by atomic mass is 9.97. The van der Waals surface area contributed by atoms with E-state index in [-0.39, 0.29) is 16.5 Å². The van der Waals surface area contributed by atoms with Crippen LogP contribution in [-0.2, 0) is 13.1 Å². The number of hydrogen-bond donors (Lipinski definition) is 2. The van der Waals surface area contributed by atoms with E-state index in [9.17, 15) is 13.6 Å². The molecule has 6 rings (SSSR count). The third-order valence-electron chi connectivity index (χ3n) is 7.25. The molecule has 2 heterocycles. The number of nitrogens with one attached hydrogen (secondary N) is 1. The van der Waals surface area contributed by atoms with Crippen LogP contribution in [0.1, 0.15) is 32.6 Å². The Kier molecular flexibility index (Phi) is 5.82. The lowest BCUT2D eigenvalue weighted by molar-refractivity contribution is 0.0951. The highest BCUT2D eigenvalue weighted by Crippen LogP contribution is 2.42. The molecule has 0 saturated heterocycles. The molecule has 0 aliphatic rings. The molecule has 0 radical (unpaired) electrons. The maximum Gasteiger partial charge on any atom is 0.251 e. The molecule has 38 heavy (non-hydrogen) atoms. The summed E-state index contributed by atoms with van der Waals surface area (Å²) >= 11 is 5.72. The topological polar surface area (TPSA) is 68.3 Å². The monoisotopic (exact) mass is 528 g/mol. The zero-order chi connectivity index (χ0) is 26.7. The van der Waals surface area contributed by atoms with Gasteiger partial charge in [-0.05, 0) is 84.1 Å². The number of nitrogens with two attached hydrogens (primary N) is 1. The van der Waals surface area contributed by atoms with E-state index in [1.807, 2.05) is 44.2 Å². The average molecular weight is 529 g/mol. The molecule has 0 saturated carbocycles. The van der Waals surface area contributed by atoms with Gasteiger partial charge in [-0.1, -0.05) is 29.8 Å². The minimum atomic E-state index is -1.08. The van der Waals surface area contributed by atoms with Crippen molar-refractivity contribution < 1.29 is 18.0 Å². The minimum absolute atomic E-state index is 0.113. The summed E-state index contributed by atoms with van der Waals surface area (Å²) in [5.74, 6) is -2.27. The van der Waals surface area contributed by atoms with Gasteiger partial charge in [-0.3, -0.25) is 4.79 Å². The van der Waals surface area contributed by atoms with Crippen molar-refractivity contribution in [1.82, 2.24) is 5.32 Å². The zero-order valence-corrected chi connectivity index (χ0v) is 21.5. The first-order chi connectivity index (χ1) is 18.3. The molecule has 4 nitrogen and oxygen atoms in total. The highest BCUT2D eigenvalue weighted by molar-refractivity contribution is 6.31. The van der Waals surface area contributed by atoms with E-state index < -0.39 is 11.6 Å². The first kappa shape index (κ1) is 24.3. The summed E-state index contributed by atoms with van der Waals surface area (Å²) in [5, 5.41) is 6.08. The summed E-state index contributed by atoms with van der Waals surface area (Å²) in [6, 6.07) is 17.7. The molecule has 6 aromatic rings. The van der Waals surface area contributed by atoms with Crippen molar-refractivity contribution in [3.8, 4) is 11.1 Å². The summed E-state index contributed by atoms with van der Waals surface area (Å²) in [6.07, 6.45) is 0. The fourth-order valence-corrected chi connectivity index (χ4v) is 5.43. The van der Waals surface area contributed by atoms with Crippen molar-refractivity contribution in [3.63, 3.8) is 0 Å². The Morgan fingerprint density at radius 1 is 0.868 bits per heavy atom. The number of hydrogen-bond acceptors (Lipinski definition) is 3. The fourth-order valence-electron chi connectivity index (χ4n) is 5.28. The van der Waals surface area contributed by atoms with Crippen molar-refractivity contribution in [2.24, 2.45) is 5.73 Å². The summed E-state index contributed by atoms with van der Waals surface area (Å²) in [6.45, 7) is 4.90. The van der Waals surface area contributed by atoms with Crippen LogP contribution in [0.5, 0.6) is 0 Å². The molecule has 0 aliphatic carbocycles. The SMILES string of the molecule is Cc1cc(CN)cc(C)c1CNC(=O)c1ccc2c(c1)c1oc2c2ccc(-c3ccc(Cl)c(F)c3F)cc21. The lowest BCUT2D eigenvalue weighted by Gasteiger charge is -2.13. The Balaban J connectivity index is 1.35. The molecule has 0 unspecified atom stereocenters. The Morgan fingerprint density at radius 2 is 1.53 bits per heavy atom. The van der Waals surface area contributed by atoms with Gasteiger partial charge in [0.15, 0.2) is 11.6 Å². The zero-order valence-electron chi connectivity index (χ0n) is 20.7. The molecule has 0 fully saturated rings. The van der Waals surface area contributed by atoms with Crippen molar-refractivity contribution in [1.29, 1.82) is 0 Å². The minimum Gasteiger partial charge on any atom is -0.455 e. The normalized spacial score (nSPS) is 11.7. The van der Waals surface area contributed by atoms with Crippen LogP contribution in [0.15, 0.2) is 65.1 Å². The molecule has 3 N–H and O–H groups in total. The summed E-state index contributed by atoms with van der Waals surface area (Å²) in [5.41, 5.74) is 12.5. The second-order valence-electron chi connectivity index (χ2n) is 9.60. The van der Waals surface area contributed by atoms with Crippen LogP contribution in [0.25, 0.3) is 43.8 Å². The van der Waals surface area contributed by atoms with Gasteiger partial charge in [0.1, 0.15) is 11.2 Å². The predicted molar refractivity (Wildman–Crippen MR) is 148 cm³/mol. The molecule has 4 aromatic carbocycles. The van der Waals surface area contributed by atoms with Crippen LogP contribution in [-0.4, -0.2) is 5.91 Å². The number of carbonyl (C=O) groups is 1. The van der Waals surface area contributed by atoms with Gasteiger partial charge in [-0.2, -0.15) is 0 Å². The van der Waals surface area contributed by atoms with Crippen LogP contribution in [0, 0.1) is 25.5 Å². The van der Waals surface area contributed by atoms with E-state index in [2.05, 4.69) is 5.32 Å². The number of carbonyl (C=O) groups excluding carboxylic acids is 1. The number of furan rings is 2. The summed E-state index contributed by atoms with van der Waals surface area (Å²) < 4.78 is 34.8. The Hall–Kier alpha value is -4.00.